The van der Waals surface area contributed by atoms with E-state index in [9.17, 15) is 13.2 Å². The van der Waals surface area contributed by atoms with E-state index in [2.05, 4.69) is 5.32 Å². The first-order valence-corrected chi connectivity index (χ1v) is 12.3. The van der Waals surface area contributed by atoms with Gasteiger partial charge < -0.3 is 19.5 Å². The van der Waals surface area contributed by atoms with E-state index in [1.165, 1.54) is 39.5 Å². The average molecular weight is 505 g/mol. The molecule has 0 saturated carbocycles. The Morgan fingerprint density at radius 3 is 2.09 bits per heavy atom. The molecule has 34 heavy (non-hydrogen) atoms. The standard InChI is InChI=1S/C24H25ClN2O6S/c1-31-21-11-10-17(12-19(21)25)26-24(28)18-13-22(32-2)23(33-3)14-20(18)27(34(4,29)30)15-16-8-6-5-7-9-16/h5-14H,15H2,1-4H3,(H,26,28). The van der Waals surface area contributed by atoms with Gasteiger partial charge in [-0.25, -0.2) is 8.42 Å². The van der Waals surface area contributed by atoms with E-state index in [1.807, 2.05) is 18.2 Å². The summed E-state index contributed by atoms with van der Waals surface area (Å²) < 4.78 is 42.7. The maximum absolute atomic E-state index is 13.3. The van der Waals surface area contributed by atoms with Gasteiger partial charge in [-0.1, -0.05) is 41.9 Å². The largest absolute Gasteiger partial charge is 0.495 e. The SMILES string of the molecule is COc1ccc(NC(=O)c2cc(OC)c(OC)cc2N(Cc2ccccc2)S(C)(=O)=O)cc1Cl. The molecule has 0 atom stereocenters. The first-order chi connectivity index (χ1) is 16.2. The Morgan fingerprint density at radius 2 is 1.53 bits per heavy atom. The molecule has 0 aliphatic heterocycles. The van der Waals surface area contributed by atoms with Crippen LogP contribution in [0.4, 0.5) is 11.4 Å². The predicted octanol–water partition coefficient (Wildman–Crippen LogP) is 4.58. The van der Waals surface area contributed by atoms with Crippen molar-refractivity contribution < 1.29 is 27.4 Å². The Hall–Kier alpha value is -3.43. The molecule has 0 spiro atoms. The van der Waals surface area contributed by atoms with Gasteiger partial charge in [-0.3, -0.25) is 9.10 Å². The molecule has 3 rings (SSSR count). The van der Waals surface area contributed by atoms with Gasteiger partial charge in [0.1, 0.15) is 5.75 Å². The smallest absolute Gasteiger partial charge is 0.257 e. The molecule has 10 heteroatoms. The van der Waals surface area contributed by atoms with Crippen molar-refractivity contribution in [1.29, 1.82) is 0 Å². The fourth-order valence-corrected chi connectivity index (χ4v) is 4.48. The number of ether oxygens (including phenoxy) is 3. The van der Waals surface area contributed by atoms with Gasteiger partial charge in [-0.2, -0.15) is 0 Å². The molecule has 0 bridgehead atoms. The molecular formula is C24H25ClN2O6S. The van der Waals surface area contributed by atoms with Gasteiger partial charge in [0.25, 0.3) is 5.91 Å². The van der Waals surface area contributed by atoms with E-state index in [1.54, 1.807) is 24.3 Å². The maximum Gasteiger partial charge on any atom is 0.257 e. The molecule has 180 valence electrons. The molecule has 1 amide bonds. The maximum atomic E-state index is 13.3. The number of anilines is 2. The fraction of sp³-hybridized carbons (Fsp3) is 0.208. The Morgan fingerprint density at radius 1 is 0.912 bits per heavy atom. The highest BCUT2D eigenvalue weighted by molar-refractivity contribution is 7.92. The quantitative estimate of drug-likeness (QED) is 0.458. The van der Waals surface area contributed by atoms with Crippen molar-refractivity contribution >= 4 is 38.9 Å². The number of nitrogens with zero attached hydrogens (tertiary/aromatic N) is 1. The van der Waals surface area contributed by atoms with Crippen molar-refractivity contribution in [2.45, 2.75) is 6.54 Å². The lowest BCUT2D eigenvalue weighted by molar-refractivity contribution is 0.102. The summed E-state index contributed by atoms with van der Waals surface area (Å²) in [6.45, 7) is 0.0177. The Bertz CT molecular complexity index is 1280. The highest BCUT2D eigenvalue weighted by Crippen LogP contribution is 2.37. The lowest BCUT2D eigenvalue weighted by Crippen LogP contribution is -2.31. The first-order valence-electron chi connectivity index (χ1n) is 10.1. The molecule has 0 fully saturated rings. The lowest BCUT2D eigenvalue weighted by Gasteiger charge is -2.26. The minimum atomic E-state index is -3.79. The van der Waals surface area contributed by atoms with Crippen LogP contribution in [0.2, 0.25) is 5.02 Å². The second-order valence-electron chi connectivity index (χ2n) is 7.28. The van der Waals surface area contributed by atoms with Crippen molar-refractivity contribution in [2.75, 3.05) is 37.2 Å². The van der Waals surface area contributed by atoms with Crippen LogP contribution in [0.15, 0.2) is 60.7 Å². The number of methoxy groups -OCH3 is 3. The van der Waals surface area contributed by atoms with E-state index in [-0.39, 0.29) is 29.3 Å². The number of carbonyl (C=O) groups excluding carboxylic acids is 1. The molecule has 0 heterocycles. The fourth-order valence-electron chi connectivity index (χ4n) is 3.33. The van der Waals surface area contributed by atoms with Crippen LogP contribution < -0.4 is 23.8 Å². The number of rotatable bonds is 9. The molecule has 0 saturated heterocycles. The zero-order chi connectivity index (χ0) is 24.9. The van der Waals surface area contributed by atoms with E-state index in [0.29, 0.717) is 16.5 Å². The summed E-state index contributed by atoms with van der Waals surface area (Å²) in [6.07, 6.45) is 1.08. The van der Waals surface area contributed by atoms with Gasteiger partial charge in [-0.05, 0) is 29.8 Å². The van der Waals surface area contributed by atoms with Gasteiger partial charge >= 0.3 is 0 Å². The second-order valence-corrected chi connectivity index (χ2v) is 9.60. The number of benzene rings is 3. The van der Waals surface area contributed by atoms with Crippen LogP contribution >= 0.6 is 11.6 Å². The molecule has 3 aromatic rings. The average Bonchev–Trinajstić information content (AvgIpc) is 2.81. The second kappa shape index (κ2) is 10.7. The molecule has 0 unspecified atom stereocenters. The Balaban J connectivity index is 2.11. The lowest BCUT2D eigenvalue weighted by atomic mass is 10.1. The summed E-state index contributed by atoms with van der Waals surface area (Å²) in [5.41, 5.74) is 1.37. The van der Waals surface area contributed by atoms with Gasteiger partial charge in [0.05, 0.1) is 50.4 Å². The van der Waals surface area contributed by atoms with Crippen molar-refractivity contribution in [3.63, 3.8) is 0 Å². The van der Waals surface area contributed by atoms with E-state index in [4.69, 9.17) is 25.8 Å². The van der Waals surface area contributed by atoms with Gasteiger partial charge in [0.15, 0.2) is 11.5 Å². The number of hydrogen-bond acceptors (Lipinski definition) is 6. The zero-order valence-corrected chi connectivity index (χ0v) is 20.7. The molecule has 0 radical (unpaired) electrons. The summed E-state index contributed by atoms with van der Waals surface area (Å²) in [5.74, 6) is 0.456. The molecular weight excluding hydrogens is 480 g/mol. The Kier molecular flexibility index (Phi) is 7.90. The van der Waals surface area contributed by atoms with Crippen LogP contribution in [0.25, 0.3) is 0 Å². The van der Waals surface area contributed by atoms with Gasteiger partial charge in [-0.15, -0.1) is 0 Å². The first kappa shape index (κ1) is 25.2. The third-order valence-corrected chi connectivity index (χ3v) is 6.42. The number of nitrogens with one attached hydrogen (secondary N) is 1. The van der Waals surface area contributed by atoms with Crippen molar-refractivity contribution in [2.24, 2.45) is 0 Å². The molecule has 0 aliphatic rings. The van der Waals surface area contributed by atoms with Crippen LogP contribution in [-0.4, -0.2) is 41.9 Å². The van der Waals surface area contributed by atoms with E-state index >= 15 is 0 Å². The number of sulfonamides is 1. The molecule has 8 nitrogen and oxygen atoms in total. The number of amides is 1. The zero-order valence-electron chi connectivity index (χ0n) is 19.2. The minimum Gasteiger partial charge on any atom is -0.495 e. The highest BCUT2D eigenvalue weighted by atomic mass is 35.5. The molecule has 3 aromatic carbocycles. The minimum absolute atomic E-state index is 0.0177. The van der Waals surface area contributed by atoms with Crippen LogP contribution in [0.3, 0.4) is 0 Å². The van der Waals surface area contributed by atoms with Gasteiger partial charge in [0, 0.05) is 11.8 Å². The normalized spacial score (nSPS) is 11.0. The van der Waals surface area contributed by atoms with E-state index in [0.717, 1.165) is 16.1 Å². The summed E-state index contributed by atoms with van der Waals surface area (Å²) in [4.78, 5) is 13.3. The number of hydrogen-bond donors (Lipinski definition) is 1. The van der Waals surface area contributed by atoms with E-state index < -0.39 is 15.9 Å². The predicted molar refractivity (Wildman–Crippen MR) is 133 cm³/mol. The van der Waals surface area contributed by atoms with Gasteiger partial charge in [0.2, 0.25) is 10.0 Å². The monoisotopic (exact) mass is 504 g/mol. The van der Waals surface area contributed by atoms with Crippen molar-refractivity contribution in [3.8, 4) is 17.2 Å². The number of carbonyl (C=O) groups is 1. The van der Waals surface area contributed by atoms with Crippen LogP contribution in [-0.2, 0) is 16.6 Å². The van der Waals surface area contributed by atoms with Crippen LogP contribution in [0, 0.1) is 0 Å². The number of halogens is 1. The third kappa shape index (κ3) is 5.73. The summed E-state index contributed by atoms with van der Waals surface area (Å²) >= 11 is 6.18. The van der Waals surface area contributed by atoms with Crippen LogP contribution in [0.5, 0.6) is 17.2 Å². The third-order valence-electron chi connectivity index (χ3n) is 4.99. The van der Waals surface area contributed by atoms with Crippen molar-refractivity contribution in [1.82, 2.24) is 0 Å². The van der Waals surface area contributed by atoms with Crippen molar-refractivity contribution in [3.05, 3.63) is 76.8 Å². The molecule has 1 N–H and O–H groups in total. The summed E-state index contributed by atoms with van der Waals surface area (Å²) in [6, 6.07) is 16.8. The van der Waals surface area contributed by atoms with Crippen LogP contribution in [0.1, 0.15) is 15.9 Å². The molecule has 0 aromatic heterocycles. The summed E-state index contributed by atoms with van der Waals surface area (Å²) in [5, 5.41) is 3.07. The topological polar surface area (TPSA) is 94.2 Å². The molecule has 0 aliphatic carbocycles. The highest BCUT2D eigenvalue weighted by Gasteiger charge is 2.26. The Labute approximate surface area is 204 Å². The summed E-state index contributed by atoms with van der Waals surface area (Å²) in [7, 11) is 0.567.